The molecule has 0 N–H and O–H groups in total. The molecule has 0 aliphatic rings. The number of imidazole rings is 1. The molecule has 3 rings (SSSR count). The first-order valence-corrected chi connectivity index (χ1v) is 8.73. The Morgan fingerprint density at radius 3 is 2.58 bits per heavy atom. The van der Waals surface area contributed by atoms with E-state index in [-0.39, 0.29) is 34.1 Å². The molecule has 0 unspecified atom stereocenters. The zero-order valence-corrected chi connectivity index (χ0v) is 15.3. The van der Waals surface area contributed by atoms with Gasteiger partial charge in [0.1, 0.15) is 22.7 Å². The summed E-state index contributed by atoms with van der Waals surface area (Å²) in [6, 6.07) is 3.02. The van der Waals surface area contributed by atoms with E-state index in [0.717, 1.165) is 17.7 Å². The van der Waals surface area contributed by atoms with Crippen LogP contribution in [0.5, 0.6) is 11.5 Å². The summed E-state index contributed by atoms with van der Waals surface area (Å²) in [6.45, 7) is 2.07. The topological polar surface area (TPSA) is 96.0 Å². The predicted molar refractivity (Wildman–Crippen MR) is 97.6 cm³/mol. The van der Waals surface area contributed by atoms with E-state index in [1.807, 2.05) is 6.20 Å². The number of nitro benzene ring substituents is 1. The van der Waals surface area contributed by atoms with Gasteiger partial charge in [0.15, 0.2) is 17.0 Å². The minimum atomic E-state index is -0.554. The van der Waals surface area contributed by atoms with E-state index in [2.05, 4.69) is 11.9 Å². The summed E-state index contributed by atoms with van der Waals surface area (Å²) < 4.78 is 12.1. The van der Waals surface area contributed by atoms with Crippen molar-refractivity contribution in [1.29, 1.82) is 0 Å². The highest BCUT2D eigenvalue weighted by Crippen LogP contribution is 2.45. The predicted octanol–water partition coefficient (Wildman–Crippen LogP) is 3.75. The first kappa shape index (κ1) is 17.9. The molecule has 26 heavy (non-hydrogen) atoms. The molecule has 0 aliphatic heterocycles. The molecule has 1 aromatic carbocycles. The molecule has 2 aromatic heterocycles. The van der Waals surface area contributed by atoms with E-state index < -0.39 is 4.92 Å². The summed E-state index contributed by atoms with van der Waals surface area (Å²) in [5.74, 6) is 0.325. The Morgan fingerprint density at radius 1 is 1.31 bits per heavy atom. The molecule has 0 bridgehead atoms. The number of fused-ring (bicyclic) bond motifs is 1. The van der Waals surface area contributed by atoms with Crippen molar-refractivity contribution in [3.63, 3.8) is 0 Å². The van der Waals surface area contributed by atoms with Gasteiger partial charge in [0, 0.05) is 11.1 Å². The van der Waals surface area contributed by atoms with Crippen LogP contribution >= 0.6 is 11.3 Å². The summed E-state index contributed by atoms with van der Waals surface area (Å²) in [5, 5.41) is 11.7. The van der Waals surface area contributed by atoms with Crippen molar-refractivity contribution in [2.24, 2.45) is 0 Å². The van der Waals surface area contributed by atoms with Crippen molar-refractivity contribution in [3.8, 4) is 22.8 Å². The molecule has 8 nitrogen and oxygen atoms in total. The van der Waals surface area contributed by atoms with Crippen molar-refractivity contribution in [2.75, 3.05) is 14.2 Å². The number of carbonyl (C=O) groups is 1. The number of hydrogen-bond donors (Lipinski definition) is 0. The minimum absolute atomic E-state index is 0.0747. The van der Waals surface area contributed by atoms with Crippen LogP contribution in [0.15, 0.2) is 18.3 Å². The number of rotatable bonds is 7. The van der Waals surface area contributed by atoms with E-state index in [0.29, 0.717) is 11.2 Å². The molecule has 0 aliphatic carbocycles. The fourth-order valence-electron chi connectivity index (χ4n) is 2.87. The van der Waals surface area contributed by atoms with E-state index in [9.17, 15) is 14.9 Å². The lowest BCUT2D eigenvalue weighted by Gasteiger charge is -2.10. The Hall–Kier alpha value is -2.94. The maximum Gasteiger partial charge on any atom is 0.324 e. The largest absolute Gasteiger partial charge is 0.496 e. The van der Waals surface area contributed by atoms with Gasteiger partial charge in [-0.25, -0.2) is 4.98 Å². The van der Waals surface area contributed by atoms with Crippen LogP contribution in [0.3, 0.4) is 0 Å². The lowest BCUT2D eigenvalue weighted by atomic mass is 10.1. The minimum Gasteiger partial charge on any atom is -0.496 e. The Kier molecular flexibility index (Phi) is 4.90. The summed E-state index contributed by atoms with van der Waals surface area (Å²) in [7, 11) is 2.76. The fraction of sp³-hybridized carbons (Fsp3) is 0.294. The molecule has 0 spiro atoms. The summed E-state index contributed by atoms with van der Waals surface area (Å²) in [4.78, 5) is 29.1. The molecule has 0 saturated heterocycles. The number of aromatic nitrogens is 2. The van der Waals surface area contributed by atoms with E-state index in [1.165, 1.54) is 31.6 Å². The average Bonchev–Trinajstić information content (AvgIpc) is 3.17. The van der Waals surface area contributed by atoms with Gasteiger partial charge in [0.25, 0.3) is 0 Å². The molecule has 3 aromatic rings. The SMILES string of the molecule is CCCc1cn2c(C=O)c(-c3c(OC)ccc(OC)c3[N+](=O)[O-])nc2s1. The number of methoxy groups -OCH3 is 2. The number of benzene rings is 1. The highest BCUT2D eigenvalue weighted by Gasteiger charge is 2.31. The quantitative estimate of drug-likeness (QED) is 0.354. The highest BCUT2D eigenvalue weighted by atomic mass is 32.1. The van der Waals surface area contributed by atoms with Crippen molar-refractivity contribution < 1.29 is 19.2 Å². The van der Waals surface area contributed by atoms with Crippen molar-refractivity contribution in [1.82, 2.24) is 9.38 Å². The van der Waals surface area contributed by atoms with Gasteiger partial charge in [0.05, 0.1) is 19.1 Å². The molecular formula is C17H17N3O5S. The number of carbonyl (C=O) groups excluding carboxylic acids is 1. The third-order valence-corrected chi connectivity index (χ3v) is 5.02. The standard InChI is InChI=1S/C17H17N3O5S/c1-4-5-10-8-19-11(9-21)15(18-17(19)26-10)14-12(24-2)6-7-13(25-3)16(14)20(22)23/h6-9H,4-5H2,1-3H3. The molecule has 136 valence electrons. The second-order valence-corrected chi connectivity index (χ2v) is 6.61. The number of thiazole rings is 1. The van der Waals surface area contributed by atoms with Gasteiger partial charge in [-0.3, -0.25) is 19.3 Å². The smallest absolute Gasteiger partial charge is 0.324 e. The molecule has 0 radical (unpaired) electrons. The van der Waals surface area contributed by atoms with Crippen LogP contribution < -0.4 is 9.47 Å². The summed E-state index contributed by atoms with van der Waals surface area (Å²) in [6.07, 6.45) is 4.36. The van der Waals surface area contributed by atoms with Crippen LogP contribution in [-0.4, -0.2) is 34.8 Å². The Labute approximate surface area is 153 Å². The second kappa shape index (κ2) is 7.12. The zero-order valence-electron chi connectivity index (χ0n) is 14.5. The van der Waals surface area contributed by atoms with Gasteiger partial charge in [-0.05, 0) is 18.6 Å². The van der Waals surface area contributed by atoms with E-state index in [4.69, 9.17) is 9.47 Å². The molecule has 0 saturated carbocycles. The number of nitro groups is 1. The van der Waals surface area contributed by atoms with Crippen LogP contribution in [-0.2, 0) is 6.42 Å². The monoisotopic (exact) mass is 375 g/mol. The van der Waals surface area contributed by atoms with Gasteiger partial charge in [-0.15, -0.1) is 11.3 Å². The molecule has 9 heteroatoms. The fourth-order valence-corrected chi connectivity index (χ4v) is 3.95. The number of aryl methyl sites for hydroxylation is 1. The van der Waals surface area contributed by atoms with Crippen molar-refractivity contribution >= 4 is 28.3 Å². The number of aldehydes is 1. The molecule has 0 fully saturated rings. The van der Waals surface area contributed by atoms with Gasteiger partial charge in [-0.1, -0.05) is 13.3 Å². The van der Waals surface area contributed by atoms with Gasteiger partial charge >= 0.3 is 5.69 Å². The average molecular weight is 375 g/mol. The first-order chi connectivity index (χ1) is 12.5. The summed E-state index contributed by atoms with van der Waals surface area (Å²) >= 11 is 1.46. The van der Waals surface area contributed by atoms with Gasteiger partial charge < -0.3 is 9.47 Å². The molecule has 0 amide bonds. The molecular weight excluding hydrogens is 358 g/mol. The van der Waals surface area contributed by atoms with Crippen LogP contribution in [0.4, 0.5) is 5.69 Å². The number of ether oxygens (including phenoxy) is 2. The van der Waals surface area contributed by atoms with Crippen LogP contribution in [0.25, 0.3) is 16.2 Å². The Balaban J connectivity index is 2.33. The molecule has 0 atom stereocenters. The third kappa shape index (κ3) is 2.80. The van der Waals surface area contributed by atoms with Crippen LogP contribution in [0.2, 0.25) is 0 Å². The first-order valence-electron chi connectivity index (χ1n) is 7.91. The lowest BCUT2D eigenvalue weighted by Crippen LogP contribution is -2.01. The van der Waals surface area contributed by atoms with Crippen molar-refractivity contribution in [2.45, 2.75) is 19.8 Å². The second-order valence-electron chi connectivity index (χ2n) is 5.51. The van der Waals surface area contributed by atoms with E-state index in [1.54, 1.807) is 10.5 Å². The Morgan fingerprint density at radius 2 is 2.00 bits per heavy atom. The van der Waals surface area contributed by atoms with E-state index >= 15 is 0 Å². The molecule has 2 heterocycles. The number of hydrogen-bond acceptors (Lipinski definition) is 7. The van der Waals surface area contributed by atoms with Crippen LogP contribution in [0, 0.1) is 10.1 Å². The normalized spacial score (nSPS) is 10.9. The Bertz CT molecular complexity index is 992. The highest BCUT2D eigenvalue weighted by molar-refractivity contribution is 7.17. The number of nitrogens with zero attached hydrogens (tertiary/aromatic N) is 3. The zero-order chi connectivity index (χ0) is 18.8. The van der Waals surface area contributed by atoms with Gasteiger partial charge in [0.2, 0.25) is 0 Å². The van der Waals surface area contributed by atoms with Crippen LogP contribution in [0.1, 0.15) is 28.7 Å². The van der Waals surface area contributed by atoms with Gasteiger partial charge in [-0.2, -0.15) is 0 Å². The maximum absolute atomic E-state index is 11.8. The maximum atomic E-state index is 11.8. The third-order valence-electron chi connectivity index (χ3n) is 3.98. The van der Waals surface area contributed by atoms with Crippen molar-refractivity contribution in [3.05, 3.63) is 39.0 Å². The lowest BCUT2D eigenvalue weighted by molar-refractivity contribution is -0.385. The summed E-state index contributed by atoms with van der Waals surface area (Å²) in [5.41, 5.74) is 0.298.